The Kier molecular flexibility index (Phi) is 4.74. The normalized spacial score (nSPS) is 10.7. The van der Waals surface area contributed by atoms with Crippen LogP contribution in [0.5, 0.6) is 0 Å². The molecule has 0 fully saturated rings. The van der Waals surface area contributed by atoms with Crippen LogP contribution in [0.3, 0.4) is 0 Å². The number of aryl methyl sites for hydroxylation is 1. The van der Waals surface area contributed by atoms with Gasteiger partial charge in [0.2, 0.25) is 0 Å². The zero-order valence-corrected chi connectivity index (χ0v) is 15.8. The van der Waals surface area contributed by atoms with Gasteiger partial charge in [-0.3, -0.25) is 15.1 Å². The van der Waals surface area contributed by atoms with Crippen LogP contribution in [0.15, 0.2) is 54.2 Å². The highest BCUT2D eigenvalue weighted by atomic mass is 32.1. The van der Waals surface area contributed by atoms with Crippen LogP contribution in [0, 0.1) is 12.7 Å². The van der Waals surface area contributed by atoms with Gasteiger partial charge in [-0.25, -0.2) is 14.4 Å². The summed E-state index contributed by atoms with van der Waals surface area (Å²) in [6.07, 6.45) is 3.39. The predicted molar refractivity (Wildman–Crippen MR) is 106 cm³/mol. The Hall–Kier alpha value is -2.97. The Morgan fingerprint density at radius 1 is 1.11 bits per heavy atom. The van der Waals surface area contributed by atoms with E-state index in [4.69, 9.17) is 0 Å². The maximum absolute atomic E-state index is 13.4. The molecule has 0 aliphatic heterocycles. The van der Waals surface area contributed by atoms with Crippen molar-refractivity contribution in [3.05, 3.63) is 70.6 Å². The lowest BCUT2D eigenvalue weighted by Gasteiger charge is -1.99. The molecule has 0 saturated heterocycles. The van der Waals surface area contributed by atoms with Crippen molar-refractivity contribution in [2.24, 2.45) is 0 Å². The minimum atomic E-state index is -0.335. The quantitative estimate of drug-likeness (QED) is 0.525. The van der Waals surface area contributed by atoms with Crippen molar-refractivity contribution >= 4 is 33.7 Å². The van der Waals surface area contributed by atoms with Gasteiger partial charge in [0.25, 0.3) is 5.91 Å². The first-order valence-electron chi connectivity index (χ1n) is 8.01. The SMILES string of the molecule is Cc1nc(-c2cccc(F)c2)sc1C(=O)Nc1nc(-c2ccncc2)cs1. The van der Waals surface area contributed by atoms with E-state index in [1.54, 1.807) is 31.5 Å². The highest BCUT2D eigenvalue weighted by Gasteiger charge is 2.18. The van der Waals surface area contributed by atoms with Gasteiger partial charge in [0.05, 0.1) is 11.4 Å². The zero-order chi connectivity index (χ0) is 18.8. The molecule has 0 aliphatic carbocycles. The molecule has 0 saturated carbocycles. The van der Waals surface area contributed by atoms with Crippen LogP contribution in [-0.2, 0) is 0 Å². The molecule has 0 unspecified atom stereocenters. The second-order valence-corrected chi connectivity index (χ2v) is 7.53. The Morgan fingerprint density at radius 3 is 2.70 bits per heavy atom. The summed E-state index contributed by atoms with van der Waals surface area (Å²) in [5.41, 5.74) is 2.96. The molecule has 0 spiro atoms. The van der Waals surface area contributed by atoms with E-state index >= 15 is 0 Å². The van der Waals surface area contributed by atoms with Crippen molar-refractivity contribution in [1.82, 2.24) is 15.0 Å². The van der Waals surface area contributed by atoms with Crippen LogP contribution in [0.1, 0.15) is 15.4 Å². The molecule has 134 valence electrons. The first kappa shape index (κ1) is 17.4. The summed E-state index contributed by atoms with van der Waals surface area (Å²) in [4.78, 5) is 26.0. The molecule has 0 radical (unpaired) electrons. The van der Waals surface area contributed by atoms with Gasteiger partial charge in [0.1, 0.15) is 15.7 Å². The monoisotopic (exact) mass is 396 g/mol. The fourth-order valence-corrected chi connectivity index (χ4v) is 4.16. The van der Waals surface area contributed by atoms with E-state index in [9.17, 15) is 9.18 Å². The lowest BCUT2D eigenvalue weighted by Crippen LogP contribution is -2.11. The van der Waals surface area contributed by atoms with Gasteiger partial charge >= 0.3 is 0 Å². The molecule has 3 aromatic heterocycles. The number of hydrogen-bond donors (Lipinski definition) is 1. The zero-order valence-electron chi connectivity index (χ0n) is 14.1. The summed E-state index contributed by atoms with van der Waals surface area (Å²) < 4.78 is 13.4. The van der Waals surface area contributed by atoms with Gasteiger partial charge in [-0.05, 0) is 31.2 Å². The number of nitrogens with zero attached hydrogens (tertiary/aromatic N) is 3. The Labute approximate surface area is 162 Å². The van der Waals surface area contributed by atoms with Crippen molar-refractivity contribution in [3.63, 3.8) is 0 Å². The summed E-state index contributed by atoms with van der Waals surface area (Å²) in [5.74, 6) is -0.610. The van der Waals surface area contributed by atoms with Gasteiger partial charge in [-0.1, -0.05) is 12.1 Å². The molecule has 5 nitrogen and oxygen atoms in total. The number of amides is 1. The van der Waals surface area contributed by atoms with E-state index in [1.165, 1.54) is 34.8 Å². The molecule has 1 N–H and O–H groups in total. The molecule has 4 rings (SSSR count). The number of nitrogens with one attached hydrogen (secondary N) is 1. The van der Waals surface area contributed by atoms with Crippen LogP contribution >= 0.6 is 22.7 Å². The van der Waals surface area contributed by atoms with E-state index in [0.29, 0.717) is 26.3 Å². The van der Waals surface area contributed by atoms with E-state index < -0.39 is 0 Å². The fraction of sp³-hybridized carbons (Fsp3) is 0.0526. The largest absolute Gasteiger partial charge is 0.297 e. The van der Waals surface area contributed by atoms with Gasteiger partial charge in [-0.2, -0.15) is 0 Å². The summed E-state index contributed by atoms with van der Waals surface area (Å²) in [6.45, 7) is 1.76. The Morgan fingerprint density at radius 2 is 1.93 bits per heavy atom. The lowest BCUT2D eigenvalue weighted by molar-refractivity contribution is 0.103. The topological polar surface area (TPSA) is 67.8 Å². The minimum absolute atomic E-state index is 0.275. The molecule has 27 heavy (non-hydrogen) atoms. The number of anilines is 1. The highest BCUT2D eigenvalue weighted by molar-refractivity contribution is 7.17. The smallest absolute Gasteiger partial charge is 0.269 e. The third-order valence-corrected chi connectivity index (χ3v) is 5.74. The molecule has 0 aliphatic rings. The van der Waals surface area contributed by atoms with Crippen LogP contribution in [0.25, 0.3) is 21.8 Å². The van der Waals surface area contributed by atoms with E-state index in [1.807, 2.05) is 17.5 Å². The van der Waals surface area contributed by atoms with Crippen molar-refractivity contribution in [2.45, 2.75) is 6.92 Å². The van der Waals surface area contributed by atoms with Crippen LogP contribution in [0.2, 0.25) is 0 Å². The molecule has 0 atom stereocenters. The standard InChI is InChI=1S/C19H13FN4OS2/c1-11-16(27-18(22-11)13-3-2-4-14(20)9-13)17(25)24-19-23-15(10-26-19)12-5-7-21-8-6-12/h2-10H,1H3,(H,23,24,25). The van der Waals surface area contributed by atoms with Gasteiger partial charge in [0, 0.05) is 28.9 Å². The number of aromatic nitrogens is 3. The van der Waals surface area contributed by atoms with Crippen molar-refractivity contribution < 1.29 is 9.18 Å². The molecule has 8 heteroatoms. The van der Waals surface area contributed by atoms with E-state index in [-0.39, 0.29) is 11.7 Å². The number of carbonyl (C=O) groups is 1. The second kappa shape index (κ2) is 7.34. The summed E-state index contributed by atoms with van der Waals surface area (Å²) in [7, 11) is 0. The molecular formula is C19H13FN4OS2. The molecular weight excluding hydrogens is 383 g/mol. The molecule has 3 heterocycles. The lowest BCUT2D eigenvalue weighted by atomic mass is 10.2. The molecule has 1 aromatic carbocycles. The number of hydrogen-bond acceptors (Lipinski definition) is 6. The van der Waals surface area contributed by atoms with E-state index in [2.05, 4.69) is 20.3 Å². The van der Waals surface area contributed by atoms with Crippen molar-refractivity contribution in [2.75, 3.05) is 5.32 Å². The summed E-state index contributed by atoms with van der Waals surface area (Å²) in [5, 5.41) is 5.80. The minimum Gasteiger partial charge on any atom is -0.297 e. The maximum atomic E-state index is 13.4. The summed E-state index contributed by atoms with van der Waals surface area (Å²) in [6, 6.07) is 9.89. The number of pyridine rings is 1. The van der Waals surface area contributed by atoms with Gasteiger partial charge in [-0.15, -0.1) is 22.7 Å². The summed E-state index contributed by atoms with van der Waals surface area (Å²) >= 11 is 2.58. The van der Waals surface area contributed by atoms with Crippen LogP contribution < -0.4 is 5.32 Å². The number of benzene rings is 1. The average molecular weight is 396 g/mol. The third-order valence-electron chi connectivity index (χ3n) is 3.78. The maximum Gasteiger partial charge on any atom is 0.269 e. The first-order chi connectivity index (χ1) is 13.1. The van der Waals surface area contributed by atoms with Crippen LogP contribution in [0.4, 0.5) is 9.52 Å². The second-order valence-electron chi connectivity index (χ2n) is 5.67. The van der Waals surface area contributed by atoms with Gasteiger partial charge in [0.15, 0.2) is 5.13 Å². The molecule has 4 aromatic rings. The van der Waals surface area contributed by atoms with Crippen molar-refractivity contribution in [3.8, 4) is 21.8 Å². The predicted octanol–water partition coefficient (Wildman–Crippen LogP) is 5.03. The van der Waals surface area contributed by atoms with Crippen LogP contribution in [-0.4, -0.2) is 20.9 Å². The first-order valence-corrected chi connectivity index (χ1v) is 9.70. The highest BCUT2D eigenvalue weighted by Crippen LogP contribution is 2.30. The number of rotatable bonds is 4. The number of carbonyl (C=O) groups excluding carboxylic acids is 1. The number of thiazole rings is 2. The fourth-order valence-electron chi connectivity index (χ4n) is 2.49. The Bertz CT molecular complexity index is 1110. The third kappa shape index (κ3) is 3.76. The number of halogens is 1. The van der Waals surface area contributed by atoms with E-state index in [0.717, 1.165) is 11.3 Å². The molecule has 1 amide bonds. The average Bonchev–Trinajstić information content (AvgIpc) is 3.29. The molecule has 0 bridgehead atoms. The Balaban J connectivity index is 1.55. The van der Waals surface area contributed by atoms with Crippen molar-refractivity contribution in [1.29, 1.82) is 0 Å². The van der Waals surface area contributed by atoms with Gasteiger partial charge < -0.3 is 0 Å².